The summed E-state index contributed by atoms with van der Waals surface area (Å²) < 4.78 is 18.7. The molecule has 1 N–H and O–H groups in total. The average Bonchev–Trinajstić information content (AvgIpc) is 3.11. The summed E-state index contributed by atoms with van der Waals surface area (Å²) in [5, 5.41) is 13.6. The number of imidazole rings is 1. The third kappa shape index (κ3) is 3.33. The first-order chi connectivity index (χ1) is 9.62. The van der Waals surface area contributed by atoms with Gasteiger partial charge in [0.2, 0.25) is 5.79 Å². The minimum Gasteiger partial charge on any atom is -0.464 e. The highest BCUT2D eigenvalue weighted by atomic mass is 16.9. The number of nitrogens with zero attached hydrogens (tertiary/aromatic N) is 3. The smallest absolute Gasteiger partial charge is 0.291 e. The Balaban J connectivity index is 0.000000328. The molecular weight excluding hydrogens is 270 g/mol. The van der Waals surface area contributed by atoms with Gasteiger partial charge in [0, 0.05) is 12.4 Å². The topological polar surface area (TPSA) is 113 Å². The Labute approximate surface area is 113 Å². The molecule has 0 amide bonds. The van der Waals surface area contributed by atoms with Gasteiger partial charge in [0.05, 0.1) is 32.3 Å². The molecule has 3 rings (SSSR count). The van der Waals surface area contributed by atoms with Crippen LogP contribution in [0.1, 0.15) is 5.76 Å². The molecule has 0 bridgehead atoms. The lowest BCUT2D eigenvalue weighted by molar-refractivity contribution is -0.742. The van der Waals surface area contributed by atoms with E-state index in [0.717, 1.165) is 0 Å². The van der Waals surface area contributed by atoms with E-state index in [1.54, 1.807) is 18.8 Å². The molecule has 20 heavy (non-hydrogen) atoms. The molecule has 0 unspecified atom stereocenters. The van der Waals surface area contributed by atoms with E-state index < -0.39 is 10.9 Å². The Morgan fingerprint density at radius 3 is 2.70 bits per heavy atom. The highest BCUT2D eigenvalue weighted by Crippen LogP contribution is 2.33. The van der Waals surface area contributed by atoms with Gasteiger partial charge in [-0.15, -0.1) is 10.1 Å². The number of rotatable bonds is 3. The maximum atomic E-state index is 8.36. The van der Waals surface area contributed by atoms with Crippen LogP contribution in [0.3, 0.4) is 0 Å². The Morgan fingerprint density at radius 1 is 1.50 bits per heavy atom. The lowest BCUT2D eigenvalue weighted by Gasteiger charge is -2.25. The first-order valence-corrected chi connectivity index (χ1v) is 5.73. The molecule has 9 nitrogen and oxygen atoms in total. The van der Waals surface area contributed by atoms with Gasteiger partial charge in [0.15, 0.2) is 5.76 Å². The van der Waals surface area contributed by atoms with Crippen LogP contribution in [0.5, 0.6) is 0 Å². The zero-order valence-electron chi connectivity index (χ0n) is 10.4. The van der Waals surface area contributed by atoms with Crippen LogP contribution in [0.4, 0.5) is 0 Å². The Kier molecular flexibility index (Phi) is 4.33. The second-order valence-corrected chi connectivity index (χ2v) is 3.90. The minimum atomic E-state index is -1.50. The van der Waals surface area contributed by atoms with Crippen molar-refractivity contribution in [3.63, 3.8) is 0 Å². The fourth-order valence-electron chi connectivity index (χ4n) is 1.88. The highest BCUT2D eigenvalue weighted by Gasteiger charge is 2.41. The van der Waals surface area contributed by atoms with Crippen LogP contribution in [0, 0.1) is 10.1 Å². The molecule has 3 heterocycles. The van der Waals surface area contributed by atoms with Crippen LogP contribution in [-0.2, 0) is 21.8 Å². The molecule has 108 valence electrons. The summed E-state index contributed by atoms with van der Waals surface area (Å²) >= 11 is 0. The van der Waals surface area contributed by atoms with Gasteiger partial charge < -0.3 is 23.7 Å². The summed E-state index contributed by atoms with van der Waals surface area (Å²) in [7, 11) is 0. The Bertz CT molecular complexity index is 514. The molecule has 1 fully saturated rings. The van der Waals surface area contributed by atoms with Gasteiger partial charge in [-0.1, -0.05) is 0 Å². The van der Waals surface area contributed by atoms with E-state index in [0.29, 0.717) is 25.5 Å². The SMILES string of the molecule is O=[N+]([O-])O.c1coc(C2(Cn3ccnc3)OCCO2)c1. The summed E-state index contributed by atoms with van der Waals surface area (Å²) in [4.78, 5) is 12.4. The lowest BCUT2D eigenvalue weighted by atomic mass is 10.2. The molecule has 9 heteroatoms. The predicted octanol–water partition coefficient (Wildman–Crippen LogP) is 1.03. The molecule has 0 atom stereocenters. The second kappa shape index (κ2) is 6.17. The summed E-state index contributed by atoms with van der Waals surface area (Å²) in [6.45, 7) is 1.70. The van der Waals surface area contributed by atoms with Crippen LogP contribution in [0.25, 0.3) is 0 Å². The van der Waals surface area contributed by atoms with Crippen molar-refractivity contribution in [1.82, 2.24) is 9.55 Å². The van der Waals surface area contributed by atoms with Crippen molar-refractivity contribution in [2.24, 2.45) is 0 Å². The van der Waals surface area contributed by atoms with Crippen molar-refractivity contribution in [3.05, 3.63) is 53.0 Å². The Morgan fingerprint density at radius 2 is 2.20 bits per heavy atom. The molecule has 2 aromatic rings. The van der Waals surface area contributed by atoms with Gasteiger partial charge in [-0.05, 0) is 12.1 Å². The van der Waals surface area contributed by atoms with Gasteiger partial charge >= 0.3 is 0 Å². The number of ether oxygens (including phenoxy) is 2. The standard InChI is InChI=1S/C11H12N2O3.HNO3/c1-2-10(14-5-1)11(15-6-7-16-11)8-13-4-3-12-9-13;2-1(3)4/h1-5,9H,6-8H2;(H,2,3,4). The third-order valence-corrected chi connectivity index (χ3v) is 2.60. The third-order valence-electron chi connectivity index (χ3n) is 2.60. The molecule has 1 aliphatic rings. The lowest BCUT2D eigenvalue weighted by Crippen LogP contribution is -2.31. The van der Waals surface area contributed by atoms with Gasteiger partial charge in [0.25, 0.3) is 5.09 Å². The van der Waals surface area contributed by atoms with E-state index in [1.165, 1.54) is 0 Å². The summed E-state index contributed by atoms with van der Waals surface area (Å²) in [6, 6.07) is 3.69. The van der Waals surface area contributed by atoms with Gasteiger partial charge in [0.1, 0.15) is 0 Å². The van der Waals surface area contributed by atoms with Crippen LogP contribution >= 0.6 is 0 Å². The molecule has 0 aromatic carbocycles. The maximum absolute atomic E-state index is 8.36. The summed E-state index contributed by atoms with van der Waals surface area (Å²) in [5.74, 6) is -0.108. The molecular formula is C11H13N3O6. The number of hydrogen-bond donors (Lipinski definition) is 1. The summed E-state index contributed by atoms with van der Waals surface area (Å²) in [6.07, 6.45) is 6.95. The fourth-order valence-corrected chi connectivity index (χ4v) is 1.88. The zero-order chi connectivity index (χ0) is 14.4. The highest BCUT2D eigenvalue weighted by molar-refractivity contribution is 5.07. The van der Waals surface area contributed by atoms with Crippen molar-refractivity contribution in [2.75, 3.05) is 13.2 Å². The van der Waals surface area contributed by atoms with E-state index in [4.69, 9.17) is 29.2 Å². The monoisotopic (exact) mass is 283 g/mol. The van der Waals surface area contributed by atoms with Crippen molar-refractivity contribution in [1.29, 1.82) is 0 Å². The predicted molar refractivity (Wildman–Crippen MR) is 63.3 cm³/mol. The largest absolute Gasteiger partial charge is 0.464 e. The van der Waals surface area contributed by atoms with Crippen LogP contribution in [-0.4, -0.2) is 33.1 Å². The van der Waals surface area contributed by atoms with Crippen molar-refractivity contribution in [3.8, 4) is 0 Å². The van der Waals surface area contributed by atoms with E-state index in [2.05, 4.69) is 4.98 Å². The number of furan rings is 1. The normalized spacial score (nSPS) is 16.4. The maximum Gasteiger partial charge on any atom is 0.291 e. The van der Waals surface area contributed by atoms with Gasteiger partial charge in [-0.3, -0.25) is 0 Å². The van der Waals surface area contributed by atoms with E-state index in [1.807, 2.05) is 22.9 Å². The van der Waals surface area contributed by atoms with Crippen molar-refractivity contribution >= 4 is 0 Å². The minimum absolute atomic E-state index is 0.542. The fraction of sp³-hybridized carbons (Fsp3) is 0.364. The molecule has 0 spiro atoms. The van der Waals surface area contributed by atoms with Gasteiger partial charge in [-0.25, -0.2) is 4.98 Å². The Hall–Kier alpha value is -2.39. The number of hydrogen-bond acceptors (Lipinski definition) is 6. The second-order valence-electron chi connectivity index (χ2n) is 3.90. The quantitative estimate of drug-likeness (QED) is 0.661. The first kappa shape index (κ1) is 14.0. The van der Waals surface area contributed by atoms with E-state index in [-0.39, 0.29) is 0 Å². The van der Waals surface area contributed by atoms with Crippen LogP contribution < -0.4 is 0 Å². The average molecular weight is 283 g/mol. The molecule has 2 aromatic heterocycles. The van der Waals surface area contributed by atoms with Crippen molar-refractivity contribution < 1.29 is 24.2 Å². The summed E-state index contributed by atoms with van der Waals surface area (Å²) in [5.41, 5.74) is 0. The molecule has 1 saturated heterocycles. The first-order valence-electron chi connectivity index (χ1n) is 5.73. The van der Waals surface area contributed by atoms with Gasteiger partial charge in [-0.2, -0.15) is 0 Å². The van der Waals surface area contributed by atoms with E-state index in [9.17, 15) is 0 Å². The van der Waals surface area contributed by atoms with E-state index >= 15 is 0 Å². The molecule has 0 aliphatic carbocycles. The zero-order valence-corrected chi connectivity index (χ0v) is 10.4. The number of aromatic nitrogens is 2. The van der Waals surface area contributed by atoms with Crippen LogP contribution in [0.2, 0.25) is 0 Å². The molecule has 0 saturated carbocycles. The molecule has 0 radical (unpaired) electrons. The van der Waals surface area contributed by atoms with Crippen molar-refractivity contribution in [2.45, 2.75) is 12.3 Å². The van der Waals surface area contributed by atoms with Crippen LogP contribution in [0.15, 0.2) is 41.5 Å². The molecule has 1 aliphatic heterocycles.